The molecule has 0 fully saturated rings. The molecule has 1 aromatic carbocycles. The maximum Gasteiger partial charge on any atom is 0.128 e. The normalized spacial score (nSPS) is 12.9. The Labute approximate surface area is 115 Å². The third kappa shape index (κ3) is 3.27. The van der Waals surface area contributed by atoms with Crippen LogP contribution in [0.25, 0.3) is 0 Å². The first-order chi connectivity index (χ1) is 9.11. The monoisotopic (exact) mass is 257 g/mol. The van der Waals surface area contributed by atoms with Crippen LogP contribution >= 0.6 is 0 Å². The number of rotatable bonds is 5. The fraction of sp³-hybridized carbons (Fsp3) is 0.412. The summed E-state index contributed by atoms with van der Waals surface area (Å²) < 4.78 is 5.60. The fourth-order valence-electron chi connectivity index (χ4n) is 2.45. The number of hydrogen-bond acceptors (Lipinski definition) is 2. The second kappa shape index (κ2) is 6.07. The quantitative estimate of drug-likeness (QED) is 0.872. The Hall–Kier alpha value is -1.54. The Bertz CT molecular complexity index is 510. The molecule has 0 saturated carbocycles. The summed E-state index contributed by atoms with van der Waals surface area (Å²) in [4.78, 5) is 0. The van der Waals surface area contributed by atoms with E-state index in [0.717, 1.165) is 12.2 Å². The van der Waals surface area contributed by atoms with Crippen molar-refractivity contribution in [1.82, 2.24) is 5.32 Å². The van der Waals surface area contributed by atoms with Gasteiger partial charge in [0.1, 0.15) is 5.76 Å². The summed E-state index contributed by atoms with van der Waals surface area (Å²) in [5, 5.41) is 3.33. The van der Waals surface area contributed by atoms with Crippen molar-refractivity contribution >= 4 is 0 Å². The van der Waals surface area contributed by atoms with Crippen molar-refractivity contribution in [2.75, 3.05) is 7.05 Å². The molecule has 2 nitrogen and oxygen atoms in total. The zero-order chi connectivity index (χ0) is 13.8. The number of benzene rings is 1. The van der Waals surface area contributed by atoms with Crippen LogP contribution in [0.2, 0.25) is 0 Å². The fourth-order valence-corrected chi connectivity index (χ4v) is 2.45. The van der Waals surface area contributed by atoms with Crippen molar-refractivity contribution in [2.45, 2.75) is 33.2 Å². The minimum absolute atomic E-state index is 0.128. The van der Waals surface area contributed by atoms with E-state index in [1.807, 2.05) is 13.1 Å². The molecule has 2 heteroatoms. The zero-order valence-electron chi connectivity index (χ0n) is 12.2. The average Bonchev–Trinajstić information content (AvgIpc) is 2.78. The molecular weight excluding hydrogens is 234 g/mol. The Balaban J connectivity index is 2.22. The van der Waals surface area contributed by atoms with E-state index in [1.165, 1.54) is 16.7 Å². The summed E-state index contributed by atoms with van der Waals surface area (Å²) in [6.07, 6.45) is 2.88. The van der Waals surface area contributed by atoms with Crippen LogP contribution in [0.1, 0.15) is 42.3 Å². The standard InChI is InChI=1S/C17H23NO/c1-12(2)11-14-5-7-15(8-6-14)16(18-4)17-13(3)9-10-19-17/h5-10,12,16,18H,11H2,1-4H3. The molecule has 0 aliphatic heterocycles. The van der Waals surface area contributed by atoms with E-state index in [0.29, 0.717) is 5.92 Å². The largest absolute Gasteiger partial charge is 0.467 e. The molecule has 102 valence electrons. The molecule has 2 aromatic rings. The highest BCUT2D eigenvalue weighted by atomic mass is 16.3. The van der Waals surface area contributed by atoms with E-state index in [9.17, 15) is 0 Å². The van der Waals surface area contributed by atoms with Gasteiger partial charge >= 0.3 is 0 Å². The number of nitrogens with one attached hydrogen (secondary N) is 1. The zero-order valence-corrected chi connectivity index (χ0v) is 12.2. The van der Waals surface area contributed by atoms with Gasteiger partial charge in [0.25, 0.3) is 0 Å². The van der Waals surface area contributed by atoms with Gasteiger partial charge in [0.05, 0.1) is 12.3 Å². The highest BCUT2D eigenvalue weighted by Crippen LogP contribution is 2.25. The summed E-state index contributed by atoms with van der Waals surface area (Å²) in [6, 6.07) is 11.0. The van der Waals surface area contributed by atoms with Gasteiger partial charge in [0, 0.05) is 0 Å². The van der Waals surface area contributed by atoms with E-state index in [1.54, 1.807) is 6.26 Å². The van der Waals surface area contributed by atoms with Gasteiger partial charge in [0.2, 0.25) is 0 Å². The minimum Gasteiger partial charge on any atom is -0.467 e. The molecule has 0 bridgehead atoms. The van der Waals surface area contributed by atoms with Crippen molar-refractivity contribution in [2.24, 2.45) is 5.92 Å². The number of furan rings is 1. The Morgan fingerprint density at radius 2 is 1.79 bits per heavy atom. The van der Waals surface area contributed by atoms with Crippen LogP contribution in [0.15, 0.2) is 41.0 Å². The van der Waals surface area contributed by atoms with E-state index >= 15 is 0 Å². The van der Waals surface area contributed by atoms with Gasteiger partial charge in [0.15, 0.2) is 0 Å². The Kier molecular flexibility index (Phi) is 4.43. The Morgan fingerprint density at radius 1 is 1.11 bits per heavy atom. The van der Waals surface area contributed by atoms with Crippen LogP contribution in [0.5, 0.6) is 0 Å². The molecule has 0 amide bonds. The van der Waals surface area contributed by atoms with Gasteiger partial charge in [-0.2, -0.15) is 0 Å². The van der Waals surface area contributed by atoms with E-state index < -0.39 is 0 Å². The van der Waals surface area contributed by atoms with Crippen molar-refractivity contribution in [3.63, 3.8) is 0 Å². The number of aryl methyl sites for hydroxylation is 1. The highest BCUT2D eigenvalue weighted by Gasteiger charge is 2.17. The Morgan fingerprint density at radius 3 is 2.26 bits per heavy atom. The molecule has 1 heterocycles. The SMILES string of the molecule is CNC(c1ccc(CC(C)C)cc1)c1occc1C. The van der Waals surface area contributed by atoms with Crippen LogP contribution in [-0.2, 0) is 6.42 Å². The minimum atomic E-state index is 0.128. The molecule has 1 atom stereocenters. The van der Waals surface area contributed by atoms with E-state index in [-0.39, 0.29) is 6.04 Å². The van der Waals surface area contributed by atoms with Crippen molar-refractivity contribution in [1.29, 1.82) is 0 Å². The number of hydrogen-bond donors (Lipinski definition) is 1. The lowest BCUT2D eigenvalue weighted by Gasteiger charge is -2.16. The molecule has 19 heavy (non-hydrogen) atoms. The third-order valence-electron chi connectivity index (χ3n) is 3.41. The van der Waals surface area contributed by atoms with Gasteiger partial charge in [-0.3, -0.25) is 0 Å². The first-order valence-electron chi connectivity index (χ1n) is 6.92. The molecule has 1 unspecified atom stereocenters. The summed E-state index contributed by atoms with van der Waals surface area (Å²) in [7, 11) is 1.97. The third-order valence-corrected chi connectivity index (χ3v) is 3.41. The van der Waals surface area contributed by atoms with Gasteiger partial charge in [-0.25, -0.2) is 0 Å². The predicted octanol–water partition coefficient (Wildman–Crippen LogP) is 4.10. The first kappa shape index (κ1) is 13.9. The van der Waals surface area contributed by atoms with Crippen LogP contribution < -0.4 is 5.32 Å². The van der Waals surface area contributed by atoms with Crippen LogP contribution in [-0.4, -0.2) is 7.05 Å². The van der Waals surface area contributed by atoms with Gasteiger partial charge in [-0.05, 0) is 49.1 Å². The maximum absolute atomic E-state index is 5.60. The lowest BCUT2D eigenvalue weighted by Crippen LogP contribution is -2.17. The summed E-state index contributed by atoms with van der Waals surface area (Å²) in [6.45, 7) is 6.57. The van der Waals surface area contributed by atoms with Gasteiger partial charge < -0.3 is 9.73 Å². The molecule has 0 saturated heterocycles. The lowest BCUT2D eigenvalue weighted by molar-refractivity contribution is 0.460. The van der Waals surface area contributed by atoms with Gasteiger partial charge in [-0.15, -0.1) is 0 Å². The summed E-state index contributed by atoms with van der Waals surface area (Å²) >= 11 is 0. The van der Waals surface area contributed by atoms with Crippen LogP contribution in [0.4, 0.5) is 0 Å². The van der Waals surface area contributed by atoms with Crippen LogP contribution in [0, 0.1) is 12.8 Å². The predicted molar refractivity (Wildman–Crippen MR) is 79.3 cm³/mol. The van der Waals surface area contributed by atoms with Crippen LogP contribution in [0.3, 0.4) is 0 Å². The topological polar surface area (TPSA) is 25.2 Å². The first-order valence-corrected chi connectivity index (χ1v) is 6.92. The molecule has 1 aromatic heterocycles. The molecule has 0 aliphatic carbocycles. The smallest absolute Gasteiger partial charge is 0.128 e. The van der Waals surface area contributed by atoms with Crippen molar-refractivity contribution in [3.05, 3.63) is 59.0 Å². The molecule has 1 N–H and O–H groups in total. The molecule has 0 radical (unpaired) electrons. The summed E-state index contributed by atoms with van der Waals surface area (Å²) in [5.74, 6) is 1.69. The highest BCUT2D eigenvalue weighted by molar-refractivity contribution is 5.32. The van der Waals surface area contributed by atoms with E-state index in [2.05, 4.69) is 50.4 Å². The van der Waals surface area contributed by atoms with Crippen molar-refractivity contribution in [3.8, 4) is 0 Å². The van der Waals surface area contributed by atoms with Crippen molar-refractivity contribution < 1.29 is 4.42 Å². The van der Waals surface area contributed by atoms with Gasteiger partial charge in [-0.1, -0.05) is 38.1 Å². The summed E-state index contributed by atoms with van der Waals surface area (Å²) in [5.41, 5.74) is 3.82. The lowest BCUT2D eigenvalue weighted by atomic mass is 9.97. The molecular formula is C17H23NO. The molecule has 0 spiro atoms. The maximum atomic E-state index is 5.60. The molecule has 0 aliphatic rings. The second-order valence-electron chi connectivity index (χ2n) is 5.53. The molecule has 2 rings (SSSR count). The average molecular weight is 257 g/mol. The van der Waals surface area contributed by atoms with E-state index in [4.69, 9.17) is 4.42 Å². The second-order valence-corrected chi connectivity index (χ2v) is 5.53.